The molecule has 1 saturated heterocycles. The lowest BCUT2D eigenvalue weighted by atomic mass is 10.1. The fourth-order valence-corrected chi connectivity index (χ4v) is 4.75. The van der Waals surface area contributed by atoms with E-state index in [2.05, 4.69) is 10.2 Å². The molecule has 30 heavy (non-hydrogen) atoms. The van der Waals surface area contributed by atoms with Crippen LogP contribution in [0.1, 0.15) is 21.5 Å². The summed E-state index contributed by atoms with van der Waals surface area (Å²) < 4.78 is 33.0. The molecule has 1 heterocycles. The van der Waals surface area contributed by atoms with Gasteiger partial charge in [-0.05, 0) is 56.3 Å². The highest BCUT2D eigenvalue weighted by atomic mass is 32.2. The van der Waals surface area contributed by atoms with Gasteiger partial charge in [-0.1, -0.05) is 18.2 Å². The third kappa shape index (κ3) is 5.19. The summed E-state index contributed by atoms with van der Waals surface area (Å²) >= 11 is 0. The Bertz CT molecular complexity index is 999. The Kier molecular flexibility index (Phi) is 7.12. The number of aryl methyl sites for hydroxylation is 1. The first-order valence-electron chi connectivity index (χ1n) is 10.0. The minimum absolute atomic E-state index is 0.145. The molecule has 7 nitrogen and oxygen atoms in total. The highest BCUT2D eigenvalue weighted by Crippen LogP contribution is 2.20. The molecule has 0 atom stereocenters. The van der Waals surface area contributed by atoms with Crippen LogP contribution in [0.4, 0.5) is 0 Å². The molecule has 0 aliphatic carbocycles. The number of ether oxygens (including phenoxy) is 1. The van der Waals surface area contributed by atoms with Crippen LogP contribution >= 0.6 is 0 Å². The lowest BCUT2D eigenvalue weighted by Gasteiger charge is -2.31. The van der Waals surface area contributed by atoms with E-state index < -0.39 is 10.0 Å². The number of likely N-dealkylation sites (N-methyl/N-ethyl adjacent to an activating group) is 1. The predicted molar refractivity (Wildman–Crippen MR) is 116 cm³/mol. The molecule has 0 spiro atoms. The molecular weight excluding hydrogens is 402 g/mol. The fraction of sp³-hybridized carbons (Fsp3) is 0.409. The highest BCUT2D eigenvalue weighted by molar-refractivity contribution is 7.89. The van der Waals surface area contributed by atoms with E-state index in [4.69, 9.17) is 4.74 Å². The standard InChI is InChI=1S/C22H29N3O4S/c1-17-6-4-9-21(18(17)2)29-15-10-23-22(26)19-7-5-8-20(16-19)30(27,28)25-13-11-24(3)12-14-25/h4-9,16H,10-15H2,1-3H3,(H,23,26). The second-order valence-electron chi connectivity index (χ2n) is 7.54. The molecule has 2 aromatic rings. The van der Waals surface area contributed by atoms with Crippen molar-refractivity contribution in [2.45, 2.75) is 18.7 Å². The van der Waals surface area contributed by atoms with E-state index in [1.807, 2.05) is 39.1 Å². The van der Waals surface area contributed by atoms with Gasteiger partial charge in [0, 0.05) is 31.7 Å². The number of carbonyl (C=O) groups excluding carboxylic acids is 1. The maximum absolute atomic E-state index is 12.9. The van der Waals surface area contributed by atoms with Crippen molar-refractivity contribution in [1.29, 1.82) is 0 Å². The topological polar surface area (TPSA) is 78.9 Å². The maximum atomic E-state index is 12.9. The summed E-state index contributed by atoms with van der Waals surface area (Å²) in [7, 11) is -1.64. The first-order chi connectivity index (χ1) is 14.3. The smallest absolute Gasteiger partial charge is 0.251 e. The van der Waals surface area contributed by atoms with Gasteiger partial charge in [-0.15, -0.1) is 0 Å². The summed E-state index contributed by atoms with van der Waals surface area (Å²) in [4.78, 5) is 14.7. The minimum atomic E-state index is -3.61. The number of hydrogen-bond donors (Lipinski definition) is 1. The van der Waals surface area contributed by atoms with Gasteiger partial charge < -0.3 is 15.0 Å². The third-order valence-corrected chi connectivity index (χ3v) is 7.29. The second kappa shape index (κ2) is 9.59. The van der Waals surface area contributed by atoms with Crippen LogP contribution in [-0.4, -0.2) is 69.9 Å². The molecule has 1 aliphatic rings. The minimum Gasteiger partial charge on any atom is -0.491 e. The number of amides is 1. The fourth-order valence-electron chi connectivity index (χ4n) is 3.28. The quantitative estimate of drug-likeness (QED) is 0.679. The van der Waals surface area contributed by atoms with E-state index in [9.17, 15) is 13.2 Å². The van der Waals surface area contributed by atoms with Gasteiger partial charge in [0.05, 0.1) is 11.4 Å². The molecule has 2 aromatic carbocycles. The van der Waals surface area contributed by atoms with E-state index in [0.717, 1.165) is 16.9 Å². The van der Waals surface area contributed by atoms with Crippen molar-refractivity contribution < 1.29 is 17.9 Å². The largest absolute Gasteiger partial charge is 0.491 e. The number of sulfonamides is 1. The van der Waals surface area contributed by atoms with Crippen molar-refractivity contribution >= 4 is 15.9 Å². The van der Waals surface area contributed by atoms with Crippen LogP contribution < -0.4 is 10.1 Å². The second-order valence-corrected chi connectivity index (χ2v) is 9.48. The maximum Gasteiger partial charge on any atom is 0.251 e. The number of benzene rings is 2. The zero-order valence-electron chi connectivity index (χ0n) is 17.7. The Balaban J connectivity index is 1.58. The Labute approximate surface area is 178 Å². The van der Waals surface area contributed by atoms with Crippen molar-refractivity contribution in [3.8, 4) is 5.75 Å². The summed E-state index contributed by atoms with van der Waals surface area (Å²) in [5, 5.41) is 2.79. The van der Waals surface area contributed by atoms with E-state index in [0.29, 0.717) is 44.9 Å². The molecular formula is C22H29N3O4S. The van der Waals surface area contributed by atoms with Crippen molar-refractivity contribution in [2.75, 3.05) is 46.4 Å². The Morgan fingerprint density at radius 3 is 2.50 bits per heavy atom. The van der Waals surface area contributed by atoms with Crippen molar-refractivity contribution in [1.82, 2.24) is 14.5 Å². The number of hydrogen-bond acceptors (Lipinski definition) is 5. The van der Waals surface area contributed by atoms with Gasteiger partial charge in [0.2, 0.25) is 10.0 Å². The van der Waals surface area contributed by atoms with Crippen LogP contribution in [-0.2, 0) is 10.0 Å². The SMILES string of the molecule is Cc1cccc(OCCNC(=O)c2cccc(S(=O)(=O)N3CCN(C)CC3)c2)c1C. The Hall–Kier alpha value is -2.42. The summed E-state index contributed by atoms with van der Waals surface area (Å²) in [6, 6.07) is 12.0. The highest BCUT2D eigenvalue weighted by Gasteiger charge is 2.27. The number of nitrogens with zero attached hydrogens (tertiary/aromatic N) is 2. The summed E-state index contributed by atoms with van der Waals surface area (Å²) in [6.45, 7) is 6.95. The third-order valence-electron chi connectivity index (χ3n) is 5.40. The number of piperazine rings is 1. The normalized spacial score (nSPS) is 15.7. The lowest BCUT2D eigenvalue weighted by molar-refractivity contribution is 0.0946. The van der Waals surface area contributed by atoms with Crippen LogP contribution in [0.3, 0.4) is 0 Å². The van der Waals surface area contributed by atoms with Gasteiger partial charge in [0.1, 0.15) is 12.4 Å². The molecule has 0 saturated carbocycles. The first-order valence-corrected chi connectivity index (χ1v) is 11.5. The van der Waals surface area contributed by atoms with Gasteiger partial charge in [0.25, 0.3) is 5.91 Å². The Morgan fingerprint density at radius 1 is 1.07 bits per heavy atom. The van der Waals surface area contributed by atoms with E-state index in [1.165, 1.54) is 16.4 Å². The molecule has 162 valence electrons. The van der Waals surface area contributed by atoms with E-state index in [1.54, 1.807) is 12.1 Å². The van der Waals surface area contributed by atoms with Gasteiger partial charge in [-0.2, -0.15) is 4.31 Å². The molecule has 1 fully saturated rings. The summed E-state index contributed by atoms with van der Waals surface area (Å²) in [5.74, 6) is 0.472. The van der Waals surface area contributed by atoms with Crippen LogP contribution in [0.2, 0.25) is 0 Å². The average molecular weight is 432 g/mol. The first kappa shape index (κ1) is 22.3. The van der Waals surface area contributed by atoms with Gasteiger partial charge >= 0.3 is 0 Å². The lowest BCUT2D eigenvalue weighted by Crippen LogP contribution is -2.47. The molecule has 1 N–H and O–H groups in total. The molecule has 1 aliphatic heterocycles. The van der Waals surface area contributed by atoms with Crippen LogP contribution in [0.25, 0.3) is 0 Å². The van der Waals surface area contributed by atoms with E-state index >= 15 is 0 Å². The Morgan fingerprint density at radius 2 is 1.77 bits per heavy atom. The molecule has 8 heteroatoms. The van der Waals surface area contributed by atoms with Gasteiger partial charge in [-0.3, -0.25) is 4.79 Å². The zero-order chi connectivity index (χ0) is 21.7. The van der Waals surface area contributed by atoms with Crippen LogP contribution in [0, 0.1) is 13.8 Å². The zero-order valence-corrected chi connectivity index (χ0v) is 18.5. The van der Waals surface area contributed by atoms with Gasteiger partial charge in [-0.25, -0.2) is 8.42 Å². The average Bonchev–Trinajstić information content (AvgIpc) is 2.74. The molecule has 3 rings (SSSR count). The number of nitrogens with one attached hydrogen (secondary N) is 1. The van der Waals surface area contributed by atoms with Crippen LogP contribution in [0.5, 0.6) is 5.75 Å². The van der Waals surface area contributed by atoms with Crippen molar-refractivity contribution in [3.63, 3.8) is 0 Å². The van der Waals surface area contributed by atoms with Crippen molar-refractivity contribution in [3.05, 3.63) is 59.2 Å². The predicted octanol–water partition coefficient (Wildman–Crippen LogP) is 2.05. The molecule has 0 aromatic heterocycles. The molecule has 0 unspecified atom stereocenters. The monoisotopic (exact) mass is 431 g/mol. The van der Waals surface area contributed by atoms with Gasteiger partial charge in [0.15, 0.2) is 0 Å². The molecule has 0 bridgehead atoms. The summed E-state index contributed by atoms with van der Waals surface area (Å²) in [6.07, 6.45) is 0. The van der Waals surface area contributed by atoms with Crippen LogP contribution in [0.15, 0.2) is 47.4 Å². The van der Waals surface area contributed by atoms with Crippen molar-refractivity contribution in [2.24, 2.45) is 0 Å². The summed E-state index contributed by atoms with van der Waals surface area (Å²) in [5.41, 5.74) is 2.54. The molecule has 1 amide bonds. The molecule has 0 radical (unpaired) electrons. The van der Waals surface area contributed by atoms with E-state index in [-0.39, 0.29) is 10.8 Å². The number of carbonyl (C=O) groups is 1. The number of rotatable bonds is 7.